The number of furan rings is 1. The van der Waals surface area contributed by atoms with Crippen LogP contribution >= 0.6 is 22.9 Å². The molecule has 74 valence electrons. The summed E-state index contributed by atoms with van der Waals surface area (Å²) in [5.41, 5.74) is 0.994. The fourth-order valence-electron chi connectivity index (χ4n) is 1.21. The first kappa shape index (κ1) is 9.74. The van der Waals surface area contributed by atoms with Crippen molar-refractivity contribution in [3.8, 4) is 10.8 Å². The van der Waals surface area contributed by atoms with Gasteiger partial charge in [0.05, 0.1) is 11.6 Å². The molecular weight excluding hydrogens is 218 g/mol. The zero-order valence-electron chi connectivity index (χ0n) is 8.00. The number of aryl methyl sites for hydroxylation is 2. The molecule has 0 spiro atoms. The van der Waals surface area contributed by atoms with Crippen LogP contribution in [0.25, 0.3) is 10.8 Å². The summed E-state index contributed by atoms with van der Waals surface area (Å²) in [5, 5.41) is 0.909. The van der Waals surface area contributed by atoms with Crippen LogP contribution in [0.1, 0.15) is 16.3 Å². The van der Waals surface area contributed by atoms with Crippen LogP contribution in [0.2, 0.25) is 0 Å². The molecule has 0 radical (unpaired) electrons. The Bertz CT molecular complexity index is 447. The van der Waals surface area contributed by atoms with Crippen molar-refractivity contribution >= 4 is 22.9 Å². The van der Waals surface area contributed by atoms with E-state index in [2.05, 4.69) is 4.98 Å². The van der Waals surface area contributed by atoms with E-state index in [1.165, 1.54) is 0 Å². The highest BCUT2D eigenvalue weighted by Crippen LogP contribution is 2.29. The zero-order valence-corrected chi connectivity index (χ0v) is 9.58. The first-order chi connectivity index (χ1) is 6.70. The van der Waals surface area contributed by atoms with Gasteiger partial charge in [0.25, 0.3) is 0 Å². The van der Waals surface area contributed by atoms with Crippen molar-refractivity contribution in [1.29, 1.82) is 0 Å². The summed E-state index contributed by atoms with van der Waals surface area (Å²) in [6, 6.07) is 3.87. The van der Waals surface area contributed by atoms with Gasteiger partial charge in [-0.1, -0.05) is 0 Å². The maximum atomic E-state index is 5.78. The Morgan fingerprint density at radius 1 is 1.43 bits per heavy atom. The number of nitrogens with zero attached hydrogens (tertiary/aromatic N) is 1. The smallest absolute Gasteiger partial charge is 0.162 e. The molecule has 2 aromatic rings. The summed E-state index contributed by atoms with van der Waals surface area (Å²) in [7, 11) is 0. The summed E-state index contributed by atoms with van der Waals surface area (Å²) in [6.07, 6.45) is 0. The molecule has 0 atom stereocenters. The predicted molar refractivity (Wildman–Crippen MR) is 58.8 cm³/mol. The lowest BCUT2D eigenvalue weighted by molar-refractivity contribution is 0.548. The zero-order chi connectivity index (χ0) is 10.1. The van der Waals surface area contributed by atoms with Gasteiger partial charge >= 0.3 is 0 Å². The number of alkyl halides is 1. The van der Waals surface area contributed by atoms with Crippen LogP contribution in [-0.2, 0) is 5.88 Å². The van der Waals surface area contributed by atoms with Gasteiger partial charge in [-0.2, -0.15) is 0 Å². The number of halogens is 1. The Hall–Kier alpha value is -0.800. The number of aromatic nitrogens is 1. The summed E-state index contributed by atoms with van der Waals surface area (Å²) < 4.78 is 5.49. The summed E-state index contributed by atoms with van der Waals surface area (Å²) in [6.45, 7) is 3.89. The van der Waals surface area contributed by atoms with E-state index in [9.17, 15) is 0 Å². The summed E-state index contributed by atoms with van der Waals surface area (Å²) in [5.74, 6) is 2.25. The minimum absolute atomic E-state index is 0.517. The number of hydrogen-bond donors (Lipinski definition) is 0. The van der Waals surface area contributed by atoms with Crippen molar-refractivity contribution in [1.82, 2.24) is 4.98 Å². The molecule has 0 aromatic carbocycles. The lowest BCUT2D eigenvalue weighted by Crippen LogP contribution is -1.76. The second-order valence-corrected chi connectivity index (χ2v) is 4.42. The Kier molecular flexibility index (Phi) is 2.61. The standard InChI is InChI=1S/C10H10ClNOS/c1-6-3-4-8(13-6)10-12-7(2)9(5-11)14-10/h3-4H,5H2,1-2H3. The third-order valence-corrected chi connectivity index (χ3v) is 3.56. The predicted octanol–water partition coefficient (Wildman–Crippen LogP) is 3.76. The van der Waals surface area contributed by atoms with Gasteiger partial charge in [0.1, 0.15) is 5.76 Å². The topological polar surface area (TPSA) is 26.0 Å². The molecular formula is C10H10ClNOS. The Balaban J connectivity index is 2.42. The highest BCUT2D eigenvalue weighted by atomic mass is 35.5. The van der Waals surface area contributed by atoms with Crippen molar-refractivity contribution in [3.63, 3.8) is 0 Å². The fraction of sp³-hybridized carbons (Fsp3) is 0.300. The summed E-state index contributed by atoms with van der Waals surface area (Å²) >= 11 is 7.37. The van der Waals surface area contributed by atoms with E-state index < -0.39 is 0 Å². The third-order valence-electron chi connectivity index (χ3n) is 1.97. The average Bonchev–Trinajstić information content (AvgIpc) is 2.71. The van der Waals surface area contributed by atoms with Gasteiger partial charge in [-0.25, -0.2) is 4.98 Å². The molecule has 0 bridgehead atoms. The minimum atomic E-state index is 0.517. The van der Waals surface area contributed by atoms with Gasteiger partial charge in [0.2, 0.25) is 0 Å². The summed E-state index contributed by atoms with van der Waals surface area (Å²) in [4.78, 5) is 5.51. The van der Waals surface area contributed by atoms with E-state index in [1.807, 2.05) is 26.0 Å². The second kappa shape index (κ2) is 3.75. The molecule has 0 saturated carbocycles. The maximum Gasteiger partial charge on any atom is 0.162 e. The molecule has 0 amide bonds. The number of hydrogen-bond acceptors (Lipinski definition) is 3. The highest BCUT2D eigenvalue weighted by molar-refractivity contribution is 7.15. The van der Waals surface area contributed by atoms with E-state index in [4.69, 9.17) is 16.0 Å². The molecule has 0 N–H and O–H groups in total. The normalized spacial score (nSPS) is 10.8. The molecule has 0 unspecified atom stereocenters. The van der Waals surface area contributed by atoms with Crippen LogP contribution in [0.4, 0.5) is 0 Å². The Morgan fingerprint density at radius 2 is 2.21 bits per heavy atom. The number of thiazole rings is 1. The maximum absolute atomic E-state index is 5.78. The van der Waals surface area contributed by atoms with Gasteiger partial charge < -0.3 is 4.42 Å². The SMILES string of the molecule is Cc1ccc(-c2nc(C)c(CCl)s2)o1. The molecule has 2 heterocycles. The van der Waals surface area contributed by atoms with Crippen molar-refractivity contribution < 1.29 is 4.42 Å². The molecule has 2 rings (SSSR count). The largest absolute Gasteiger partial charge is 0.459 e. The lowest BCUT2D eigenvalue weighted by Gasteiger charge is -1.86. The number of rotatable bonds is 2. The molecule has 14 heavy (non-hydrogen) atoms. The monoisotopic (exact) mass is 227 g/mol. The minimum Gasteiger partial charge on any atom is -0.459 e. The molecule has 2 aromatic heterocycles. The van der Waals surface area contributed by atoms with Crippen LogP contribution in [0.15, 0.2) is 16.5 Å². The molecule has 4 heteroatoms. The molecule has 0 fully saturated rings. The molecule has 2 nitrogen and oxygen atoms in total. The van der Waals surface area contributed by atoms with Gasteiger partial charge in [-0.3, -0.25) is 0 Å². The fourth-order valence-corrected chi connectivity index (χ4v) is 2.44. The quantitative estimate of drug-likeness (QED) is 0.731. The van der Waals surface area contributed by atoms with Crippen molar-refractivity contribution in [2.75, 3.05) is 0 Å². The molecule has 0 aliphatic heterocycles. The van der Waals surface area contributed by atoms with Gasteiger partial charge in [-0.05, 0) is 26.0 Å². The van der Waals surface area contributed by atoms with Gasteiger partial charge in [0.15, 0.2) is 10.8 Å². The van der Waals surface area contributed by atoms with Crippen molar-refractivity contribution in [3.05, 3.63) is 28.5 Å². The second-order valence-electron chi connectivity index (χ2n) is 3.07. The van der Waals surface area contributed by atoms with E-state index in [0.717, 1.165) is 27.1 Å². The van der Waals surface area contributed by atoms with Crippen LogP contribution < -0.4 is 0 Å². The van der Waals surface area contributed by atoms with Crippen LogP contribution in [-0.4, -0.2) is 4.98 Å². The van der Waals surface area contributed by atoms with Crippen LogP contribution in [0.5, 0.6) is 0 Å². The van der Waals surface area contributed by atoms with E-state index in [-0.39, 0.29) is 0 Å². The van der Waals surface area contributed by atoms with Crippen molar-refractivity contribution in [2.45, 2.75) is 19.7 Å². The Morgan fingerprint density at radius 3 is 2.71 bits per heavy atom. The van der Waals surface area contributed by atoms with E-state index in [0.29, 0.717) is 5.88 Å². The Labute approximate surface area is 91.5 Å². The lowest BCUT2D eigenvalue weighted by atomic mass is 10.4. The molecule has 0 aliphatic carbocycles. The first-order valence-electron chi connectivity index (χ1n) is 4.30. The average molecular weight is 228 g/mol. The van der Waals surface area contributed by atoms with E-state index >= 15 is 0 Å². The van der Waals surface area contributed by atoms with Crippen LogP contribution in [0, 0.1) is 13.8 Å². The first-order valence-corrected chi connectivity index (χ1v) is 5.65. The molecule has 0 saturated heterocycles. The third kappa shape index (κ3) is 1.70. The van der Waals surface area contributed by atoms with Gasteiger partial charge in [0, 0.05) is 4.88 Å². The van der Waals surface area contributed by atoms with E-state index in [1.54, 1.807) is 11.3 Å². The highest BCUT2D eigenvalue weighted by Gasteiger charge is 2.10. The van der Waals surface area contributed by atoms with Gasteiger partial charge in [-0.15, -0.1) is 22.9 Å². The van der Waals surface area contributed by atoms with Crippen LogP contribution in [0.3, 0.4) is 0 Å². The molecule has 0 aliphatic rings. The van der Waals surface area contributed by atoms with Crippen molar-refractivity contribution in [2.24, 2.45) is 0 Å².